The van der Waals surface area contributed by atoms with Crippen molar-refractivity contribution >= 4 is 0 Å². The molecule has 2 nitrogen and oxygen atoms in total. The van der Waals surface area contributed by atoms with Crippen molar-refractivity contribution in [3.8, 4) is 0 Å². The van der Waals surface area contributed by atoms with Crippen LogP contribution in [0, 0.1) is 0 Å². The van der Waals surface area contributed by atoms with Gasteiger partial charge in [-0.25, -0.2) is 0 Å². The van der Waals surface area contributed by atoms with E-state index in [1.807, 2.05) is 0 Å². The van der Waals surface area contributed by atoms with Crippen LogP contribution in [0.2, 0.25) is 0 Å². The summed E-state index contributed by atoms with van der Waals surface area (Å²) in [6.45, 7) is 10.7. The Hall–Kier alpha value is -0.0800. The SMILES string of the molecule is CCCCCCCC(C)(CCCCCC)N1CCNC1. The van der Waals surface area contributed by atoms with Crippen molar-refractivity contribution in [2.24, 2.45) is 0 Å². The summed E-state index contributed by atoms with van der Waals surface area (Å²) in [5.74, 6) is 0. The molecule has 1 aliphatic rings. The number of hydrogen-bond acceptors (Lipinski definition) is 2. The largest absolute Gasteiger partial charge is 0.303 e. The van der Waals surface area contributed by atoms with Gasteiger partial charge < -0.3 is 5.32 Å². The van der Waals surface area contributed by atoms with Crippen LogP contribution in [0.25, 0.3) is 0 Å². The molecule has 1 heterocycles. The zero-order valence-electron chi connectivity index (χ0n) is 14.3. The number of hydrogen-bond donors (Lipinski definition) is 1. The average molecular weight is 283 g/mol. The van der Waals surface area contributed by atoms with E-state index in [2.05, 4.69) is 31.0 Å². The molecule has 0 bridgehead atoms. The molecule has 1 fully saturated rings. The van der Waals surface area contributed by atoms with Gasteiger partial charge in [0, 0.05) is 25.3 Å². The van der Waals surface area contributed by atoms with Gasteiger partial charge in [-0.05, 0) is 19.8 Å². The van der Waals surface area contributed by atoms with Crippen molar-refractivity contribution in [1.82, 2.24) is 10.2 Å². The van der Waals surface area contributed by atoms with Crippen LogP contribution in [0.4, 0.5) is 0 Å². The molecule has 2 heteroatoms. The molecule has 1 saturated heterocycles. The summed E-state index contributed by atoms with van der Waals surface area (Å²) in [6.07, 6.45) is 15.4. The Labute approximate surface area is 127 Å². The first-order chi connectivity index (χ1) is 9.73. The van der Waals surface area contributed by atoms with Gasteiger partial charge in [0.2, 0.25) is 0 Å². The molecule has 0 aromatic heterocycles. The highest BCUT2D eigenvalue weighted by Gasteiger charge is 2.32. The Morgan fingerprint density at radius 2 is 1.40 bits per heavy atom. The van der Waals surface area contributed by atoms with Gasteiger partial charge in [-0.3, -0.25) is 4.90 Å². The quantitative estimate of drug-likeness (QED) is 0.510. The lowest BCUT2D eigenvalue weighted by Crippen LogP contribution is -2.45. The third-order valence-corrected chi connectivity index (χ3v) is 5.01. The van der Waals surface area contributed by atoms with Crippen molar-refractivity contribution in [1.29, 1.82) is 0 Å². The molecule has 0 saturated carbocycles. The minimum atomic E-state index is 0.448. The van der Waals surface area contributed by atoms with Crippen molar-refractivity contribution in [3.05, 3.63) is 0 Å². The van der Waals surface area contributed by atoms with E-state index in [0.717, 1.165) is 6.67 Å². The Bertz CT molecular complexity index is 223. The maximum absolute atomic E-state index is 3.52. The molecule has 0 spiro atoms. The molecule has 0 amide bonds. The fourth-order valence-corrected chi connectivity index (χ4v) is 3.45. The van der Waals surface area contributed by atoms with Gasteiger partial charge in [-0.2, -0.15) is 0 Å². The second kappa shape index (κ2) is 10.6. The van der Waals surface area contributed by atoms with Crippen molar-refractivity contribution in [2.75, 3.05) is 19.8 Å². The Kier molecular flexibility index (Phi) is 9.54. The molecule has 1 atom stereocenters. The number of rotatable bonds is 12. The van der Waals surface area contributed by atoms with Gasteiger partial charge in [0.1, 0.15) is 0 Å². The maximum atomic E-state index is 3.52. The molecule has 120 valence electrons. The number of nitrogens with one attached hydrogen (secondary N) is 1. The van der Waals surface area contributed by atoms with Gasteiger partial charge in [-0.15, -0.1) is 0 Å². The fourth-order valence-electron chi connectivity index (χ4n) is 3.45. The summed E-state index contributed by atoms with van der Waals surface area (Å²) in [5, 5.41) is 3.52. The van der Waals surface area contributed by atoms with E-state index < -0.39 is 0 Å². The predicted molar refractivity (Wildman–Crippen MR) is 90.1 cm³/mol. The van der Waals surface area contributed by atoms with Crippen molar-refractivity contribution < 1.29 is 0 Å². The van der Waals surface area contributed by atoms with E-state index in [0.29, 0.717) is 5.54 Å². The summed E-state index contributed by atoms with van der Waals surface area (Å²) in [6, 6.07) is 0. The molecule has 20 heavy (non-hydrogen) atoms. The molecule has 0 aromatic rings. The standard InChI is InChI=1S/C18H38N2/c1-4-6-8-10-12-14-18(3,13-11-9-7-5-2)20-16-15-19-17-20/h19H,4-17H2,1-3H3. The molecule has 1 unspecified atom stereocenters. The zero-order chi connectivity index (χ0) is 14.7. The van der Waals surface area contributed by atoms with Crippen LogP contribution in [0.5, 0.6) is 0 Å². The van der Waals surface area contributed by atoms with Crippen molar-refractivity contribution in [3.63, 3.8) is 0 Å². The normalized spacial score (nSPS) is 19.4. The van der Waals surface area contributed by atoms with Crippen LogP contribution < -0.4 is 5.32 Å². The van der Waals surface area contributed by atoms with Crippen LogP contribution in [0.1, 0.15) is 91.4 Å². The lowest BCUT2D eigenvalue weighted by Gasteiger charge is -2.39. The average Bonchev–Trinajstić information content (AvgIpc) is 2.98. The van der Waals surface area contributed by atoms with Gasteiger partial charge in [-0.1, -0.05) is 71.6 Å². The highest BCUT2D eigenvalue weighted by Crippen LogP contribution is 2.29. The van der Waals surface area contributed by atoms with Crippen molar-refractivity contribution in [2.45, 2.75) is 96.9 Å². The first kappa shape index (κ1) is 18.0. The minimum absolute atomic E-state index is 0.448. The van der Waals surface area contributed by atoms with E-state index in [9.17, 15) is 0 Å². The molecule has 0 radical (unpaired) electrons. The van der Waals surface area contributed by atoms with Crippen LogP contribution in [0.15, 0.2) is 0 Å². The van der Waals surface area contributed by atoms with E-state index in [1.165, 1.54) is 83.7 Å². The first-order valence-corrected chi connectivity index (χ1v) is 9.18. The van der Waals surface area contributed by atoms with Crippen LogP contribution in [0.3, 0.4) is 0 Å². The molecule has 0 aromatic carbocycles. The third-order valence-electron chi connectivity index (χ3n) is 5.01. The molecular weight excluding hydrogens is 244 g/mol. The third kappa shape index (κ3) is 6.58. The highest BCUT2D eigenvalue weighted by molar-refractivity contribution is 4.88. The summed E-state index contributed by atoms with van der Waals surface area (Å²) in [7, 11) is 0. The Morgan fingerprint density at radius 3 is 1.90 bits per heavy atom. The van der Waals surface area contributed by atoms with Gasteiger partial charge in [0.05, 0.1) is 0 Å². The molecular formula is C18H38N2. The van der Waals surface area contributed by atoms with Gasteiger partial charge in [0.15, 0.2) is 0 Å². The van der Waals surface area contributed by atoms with E-state index in [-0.39, 0.29) is 0 Å². The van der Waals surface area contributed by atoms with E-state index in [4.69, 9.17) is 0 Å². The molecule has 1 N–H and O–H groups in total. The lowest BCUT2D eigenvalue weighted by molar-refractivity contribution is 0.106. The van der Waals surface area contributed by atoms with E-state index >= 15 is 0 Å². The van der Waals surface area contributed by atoms with Crippen LogP contribution in [-0.4, -0.2) is 30.2 Å². The van der Waals surface area contributed by atoms with Gasteiger partial charge in [0.25, 0.3) is 0 Å². The van der Waals surface area contributed by atoms with Gasteiger partial charge >= 0.3 is 0 Å². The van der Waals surface area contributed by atoms with Crippen LogP contribution >= 0.6 is 0 Å². The second-order valence-electron chi connectivity index (χ2n) is 6.89. The molecule has 1 rings (SSSR count). The molecule has 1 aliphatic heterocycles. The summed E-state index contributed by atoms with van der Waals surface area (Å²) in [5.41, 5.74) is 0.448. The van der Waals surface area contributed by atoms with Crippen LogP contribution in [-0.2, 0) is 0 Å². The fraction of sp³-hybridized carbons (Fsp3) is 1.00. The smallest absolute Gasteiger partial charge is 0.0486 e. The lowest BCUT2D eigenvalue weighted by atomic mass is 9.86. The Morgan fingerprint density at radius 1 is 0.850 bits per heavy atom. The van der Waals surface area contributed by atoms with E-state index in [1.54, 1.807) is 0 Å². The molecule has 0 aliphatic carbocycles. The summed E-state index contributed by atoms with van der Waals surface area (Å²) in [4.78, 5) is 2.71. The highest BCUT2D eigenvalue weighted by atomic mass is 15.3. The monoisotopic (exact) mass is 282 g/mol. The Balaban J connectivity index is 2.33. The first-order valence-electron chi connectivity index (χ1n) is 9.18. The zero-order valence-corrected chi connectivity index (χ0v) is 14.3. The topological polar surface area (TPSA) is 15.3 Å². The second-order valence-corrected chi connectivity index (χ2v) is 6.89. The summed E-state index contributed by atoms with van der Waals surface area (Å²) >= 11 is 0. The predicted octanol–water partition coefficient (Wildman–Crippen LogP) is 4.94. The maximum Gasteiger partial charge on any atom is 0.0486 e. The number of unbranched alkanes of at least 4 members (excludes halogenated alkanes) is 7. The minimum Gasteiger partial charge on any atom is -0.303 e. The number of nitrogens with zero attached hydrogens (tertiary/aromatic N) is 1. The summed E-state index contributed by atoms with van der Waals surface area (Å²) < 4.78 is 0.